The maximum absolute atomic E-state index is 13.4. The molecule has 4 aromatic rings. The maximum Gasteiger partial charge on any atom is 0.262 e. The number of imide groups is 2. The predicted molar refractivity (Wildman–Crippen MR) is 221 cm³/mol. The number of aromatic nitrogens is 3. The maximum atomic E-state index is 13.4. The van der Waals surface area contributed by atoms with Crippen molar-refractivity contribution in [2.75, 3.05) is 43.0 Å². The highest BCUT2D eigenvalue weighted by Gasteiger charge is 2.48. The van der Waals surface area contributed by atoms with Crippen LogP contribution in [0.3, 0.4) is 0 Å². The SMILES string of the molecule is O=C1CCC(N2C(=O)c3ccc(N4CCC5(CC4)CN(C4CCC(/C=[N+]6/C=c7cc(NC(=O)c8cnn9cccnc89)c(OCC8CC8)cc7=N6)CC4)C5)cc3C2=O)C(=O)N1. The van der Waals surface area contributed by atoms with Gasteiger partial charge in [-0.15, -0.1) is 0 Å². The summed E-state index contributed by atoms with van der Waals surface area (Å²) in [5, 5.41) is 16.2. The second-order valence-electron chi connectivity index (χ2n) is 18.0. The Labute approximate surface area is 350 Å². The predicted octanol–water partition coefficient (Wildman–Crippen LogP) is 2.70. The molecular formula is C45H47N10O6+. The molecule has 2 aromatic heterocycles. The molecule has 7 heterocycles. The van der Waals surface area contributed by atoms with E-state index in [1.165, 1.54) is 6.20 Å². The number of rotatable bonds is 9. The fraction of sp³-hybridized carbons (Fsp3) is 0.444. The van der Waals surface area contributed by atoms with Gasteiger partial charge in [-0.05, 0) is 99.5 Å². The number of likely N-dealkylation sites (tertiary alicyclic amines) is 1. The third-order valence-corrected chi connectivity index (χ3v) is 13.9. The van der Waals surface area contributed by atoms with E-state index in [0.717, 1.165) is 98.7 Å². The third-order valence-electron chi connectivity index (χ3n) is 13.9. The molecule has 1 atom stereocenters. The van der Waals surface area contributed by atoms with Crippen LogP contribution in [0.1, 0.15) is 95.3 Å². The van der Waals surface area contributed by atoms with Crippen molar-refractivity contribution in [3.8, 4) is 5.75 Å². The molecule has 2 N–H and O–H groups in total. The molecule has 5 aliphatic heterocycles. The van der Waals surface area contributed by atoms with Crippen LogP contribution in [0.25, 0.3) is 11.8 Å². The second kappa shape index (κ2) is 14.7. The van der Waals surface area contributed by atoms with Crippen molar-refractivity contribution in [1.82, 2.24) is 29.7 Å². The molecule has 2 aliphatic carbocycles. The molecule has 5 fully saturated rings. The summed E-state index contributed by atoms with van der Waals surface area (Å²) in [6.07, 6.45) is 18.4. The number of ether oxygens (including phenoxy) is 1. The molecule has 1 spiro atoms. The molecule has 2 saturated carbocycles. The lowest BCUT2D eigenvalue weighted by Crippen LogP contribution is -2.63. The molecule has 5 amide bonds. The molecule has 7 aliphatic rings. The highest BCUT2D eigenvalue weighted by Crippen LogP contribution is 2.45. The van der Waals surface area contributed by atoms with E-state index < -0.39 is 23.8 Å². The van der Waals surface area contributed by atoms with E-state index in [1.807, 2.05) is 29.1 Å². The molecule has 312 valence electrons. The summed E-state index contributed by atoms with van der Waals surface area (Å²) in [5.41, 5.74) is 3.35. The van der Waals surface area contributed by atoms with Gasteiger partial charge in [0.2, 0.25) is 18.0 Å². The molecule has 16 heteroatoms. The molecule has 16 nitrogen and oxygen atoms in total. The van der Waals surface area contributed by atoms with Gasteiger partial charge in [-0.3, -0.25) is 39.1 Å². The van der Waals surface area contributed by atoms with E-state index in [4.69, 9.17) is 9.84 Å². The Morgan fingerprint density at radius 1 is 0.967 bits per heavy atom. The summed E-state index contributed by atoms with van der Waals surface area (Å²) in [6.45, 7) is 4.60. The Morgan fingerprint density at radius 3 is 2.56 bits per heavy atom. The molecule has 3 saturated heterocycles. The topological polar surface area (TPSA) is 174 Å². The Morgan fingerprint density at radius 2 is 1.77 bits per heavy atom. The molecule has 61 heavy (non-hydrogen) atoms. The van der Waals surface area contributed by atoms with Gasteiger partial charge in [0, 0.05) is 73.8 Å². The number of amides is 5. The zero-order chi connectivity index (χ0) is 41.4. The first-order valence-corrected chi connectivity index (χ1v) is 21.6. The molecule has 2 aromatic carbocycles. The van der Waals surface area contributed by atoms with Crippen molar-refractivity contribution in [3.63, 3.8) is 0 Å². The Kier molecular flexibility index (Phi) is 9.09. The van der Waals surface area contributed by atoms with Crippen LogP contribution >= 0.6 is 0 Å². The first-order valence-electron chi connectivity index (χ1n) is 21.6. The standard InChI is InChI=1S/C45H46N10O6/c56-39-11-10-37(42(58)49-39)55-43(59)32-9-8-31(19-33(32)44(55)60)51-16-12-45(13-17-51)25-52(26-45)30-6-4-27(5-7-30)22-53-23-29-18-36(38(20-35(29)50-53)61-24-28-2-3-28)48-41(57)34-21-47-54-15-1-14-46-40(34)54/h1,8-9,14-15,18-23,27-28,30,37H,2-7,10-13,16-17,24-26H2,(H-,48,49,56,57,58)/p+1/b53-22-. The number of nitrogens with zero attached hydrogens (tertiary/aromatic N) is 8. The number of carbonyl (C=O) groups excluding carboxylic acids is 5. The van der Waals surface area contributed by atoms with Crippen molar-refractivity contribution in [2.24, 2.45) is 22.4 Å². The summed E-state index contributed by atoms with van der Waals surface area (Å²) >= 11 is 0. The normalized spacial score (nSPS) is 25.2. The van der Waals surface area contributed by atoms with Gasteiger partial charge < -0.3 is 15.0 Å². The van der Waals surface area contributed by atoms with Gasteiger partial charge in [0.15, 0.2) is 11.9 Å². The number of piperidine rings is 2. The molecular weight excluding hydrogens is 777 g/mol. The van der Waals surface area contributed by atoms with Crippen LogP contribution in [0.4, 0.5) is 11.4 Å². The number of nitrogens with one attached hydrogen (secondary N) is 2. The fourth-order valence-corrected chi connectivity index (χ4v) is 10.2. The molecule has 1 unspecified atom stereocenters. The number of hydrogen-bond acceptors (Lipinski definition) is 11. The van der Waals surface area contributed by atoms with Gasteiger partial charge in [-0.25, -0.2) is 9.50 Å². The highest BCUT2D eigenvalue weighted by atomic mass is 16.5. The van der Waals surface area contributed by atoms with Crippen LogP contribution in [-0.2, 0) is 9.59 Å². The first kappa shape index (κ1) is 37.7. The van der Waals surface area contributed by atoms with Gasteiger partial charge in [0.25, 0.3) is 17.7 Å². The number of fused-ring (bicyclic) bond motifs is 3. The quantitative estimate of drug-likeness (QED) is 0.189. The van der Waals surface area contributed by atoms with Crippen LogP contribution < -0.4 is 30.8 Å². The minimum absolute atomic E-state index is 0.0987. The van der Waals surface area contributed by atoms with Crippen molar-refractivity contribution in [1.29, 1.82) is 0 Å². The van der Waals surface area contributed by atoms with E-state index >= 15 is 0 Å². The third kappa shape index (κ3) is 6.95. The second-order valence-corrected chi connectivity index (χ2v) is 18.0. The fourth-order valence-electron chi connectivity index (χ4n) is 10.2. The summed E-state index contributed by atoms with van der Waals surface area (Å²) in [6, 6.07) is 10.7. The zero-order valence-electron chi connectivity index (χ0n) is 33.8. The van der Waals surface area contributed by atoms with Crippen LogP contribution in [0.15, 0.2) is 60.1 Å². The van der Waals surface area contributed by atoms with Gasteiger partial charge in [-0.2, -0.15) is 5.10 Å². The van der Waals surface area contributed by atoms with Crippen LogP contribution in [0.2, 0.25) is 0 Å². The van der Waals surface area contributed by atoms with Crippen molar-refractivity contribution in [2.45, 2.75) is 76.3 Å². The number of carbonyl (C=O) groups is 5. The summed E-state index contributed by atoms with van der Waals surface area (Å²) < 4.78 is 9.76. The van der Waals surface area contributed by atoms with E-state index in [0.29, 0.717) is 63.7 Å². The highest BCUT2D eigenvalue weighted by molar-refractivity contribution is 6.23. The first-order chi connectivity index (χ1) is 29.7. The Bertz CT molecular complexity index is 2680. The van der Waals surface area contributed by atoms with E-state index in [1.54, 1.807) is 35.1 Å². The van der Waals surface area contributed by atoms with Crippen LogP contribution in [-0.4, -0.2) is 110 Å². The Hall–Kier alpha value is -6.29. The average Bonchev–Trinajstić information content (AvgIpc) is 3.77. The minimum atomic E-state index is -0.965. The minimum Gasteiger partial charge on any atom is -0.491 e. The van der Waals surface area contributed by atoms with Crippen molar-refractivity contribution < 1.29 is 33.4 Å². The van der Waals surface area contributed by atoms with Crippen LogP contribution in [0, 0.1) is 17.3 Å². The Balaban J connectivity index is 0.690. The summed E-state index contributed by atoms with van der Waals surface area (Å²) in [4.78, 5) is 74.5. The van der Waals surface area contributed by atoms with Crippen LogP contribution in [0.5, 0.6) is 5.75 Å². The monoisotopic (exact) mass is 823 g/mol. The average molecular weight is 824 g/mol. The number of anilines is 2. The van der Waals surface area contributed by atoms with Crippen molar-refractivity contribution in [3.05, 3.63) is 82.3 Å². The van der Waals surface area contributed by atoms with Gasteiger partial charge in [0.05, 0.1) is 34.8 Å². The van der Waals surface area contributed by atoms with Gasteiger partial charge in [0.1, 0.15) is 22.7 Å². The van der Waals surface area contributed by atoms with Crippen molar-refractivity contribution >= 4 is 59.0 Å². The molecule has 11 rings (SSSR count). The van der Waals surface area contributed by atoms with E-state index in [-0.39, 0.29) is 24.7 Å². The largest absolute Gasteiger partial charge is 0.491 e. The molecule has 0 radical (unpaired) electrons. The number of hydrogen-bond donors (Lipinski definition) is 2. The lowest BCUT2D eigenvalue weighted by Gasteiger charge is -2.57. The zero-order valence-corrected chi connectivity index (χ0v) is 33.8. The van der Waals surface area contributed by atoms with E-state index in [9.17, 15) is 24.0 Å². The summed E-state index contributed by atoms with van der Waals surface area (Å²) in [7, 11) is 0. The van der Waals surface area contributed by atoms with Gasteiger partial charge >= 0.3 is 0 Å². The summed E-state index contributed by atoms with van der Waals surface area (Å²) in [5.74, 6) is -0.646. The van der Waals surface area contributed by atoms with Gasteiger partial charge in [-0.1, -0.05) is 4.68 Å². The lowest BCUT2D eigenvalue weighted by atomic mass is 9.70. The van der Waals surface area contributed by atoms with E-state index in [2.05, 4.69) is 36.7 Å². The smallest absolute Gasteiger partial charge is 0.262 e. The molecule has 0 bridgehead atoms. The lowest BCUT2D eigenvalue weighted by molar-refractivity contribution is -0.424. The number of benzene rings is 2.